The number of carbonyl (C=O) groups is 3. The van der Waals surface area contributed by atoms with Gasteiger partial charge in [0.15, 0.2) is 11.5 Å². The summed E-state index contributed by atoms with van der Waals surface area (Å²) in [5.41, 5.74) is 1.39. The van der Waals surface area contributed by atoms with Gasteiger partial charge in [-0.2, -0.15) is 0 Å². The molecule has 2 rings (SSSR count). The number of benzene rings is 2. The van der Waals surface area contributed by atoms with Crippen LogP contribution in [-0.4, -0.2) is 61.5 Å². The van der Waals surface area contributed by atoms with Gasteiger partial charge in [-0.25, -0.2) is 4.79 Å². The second-order valence-electron chi connectivity index (χ2n) is 7.15. The van der Waals surface area contributed by atoms with Crippen molar-refractivity contribution in [2.24, 2.45) is 0 Å². The van der Waals surface area contributed by atoms with Crippen LogP contribution >= 0.6 is 0 Å². The molecular weight excluding hydrogens is 432 g/mol. The van der Waals surface area contributed by atoms with Gasteiger partial charge in [-0.05, 0) is 23.3 Å². The van der Waals surface area contributed by atoms with Crippen LogP contribution in [-0.2, 0) is 32.1 Å². The van der Waals surface area contributed by atoms with E-state index in [4.69, 9.17) is 14.2 Å². The molecule has 0 aliphatic rings. The number of hydrogen-bond acceptors (Lipinski definition) is 8. The van der Waals surface area contributed by atoms with E-state index in [9.17, 15) is 24.6 Å². The van der Waals surface area contributed by atoms with Crippen LogP contribution in [0.4, 0.5) is 0 Å². The van der Waals surface area contributed by atoms with E-state index < -0.39 is 36.4 Å². The summed E-state index contributed by atoms with van der Waals surface area (Å²) >= 11 is 0. The molecule has 0 spiro atoms. The van der Waals surface area contributed by atoms with E-state index in [1.54, 1.807) is 24.3 Å². The van der Waals surface area contributed by atoms with Gasteiger partial charge in [0.05, 0.1) is 33.8 Å². The third-order valence-electron chi connectivity index (χ3n) is 4.87. The fourth-order valence-corrected chi connectivity index (χ4v) is 3.18. The van der Waals surface area contributed by atoms with Crippen LogP contribution in [0, 0.1) is 0 Å². The Morgan fingerprint density at radius 3 is 2.06 bits per heavy atom. The summed E-state index contributed by atoms with van der Waals surface area (Å²) in [6.07, 6.45) is -0.331. The smallest absolute Gasteiger partial charge is 0.328 e. The standard InChI is InChI=1S/C23H28N2O8/c1-31-18-10-15(11-19(32-2)21(18)28)13-24-16(12-20(26)27)22(29)25-17(23(30)33-3)9-14-7-5-4-6-8-14/h4-8,10-11,16-17,24,28H,9,12-13H2,1-3H3,(H,25,29)(H,26,27). The normalized spacial score (nSPS) is 12.3. The number of methoxy groups -OCH3 is 3. The number of carbonyl (C=O) groups excluding carboxylic acids is 2. The van der Waals surface area contributed by atoms with Crippen molar-refractivity contribution in [3.8, 4) is 17.2 Å². The Bertz CT molecular complexity index is 939. The SMILES string of the molecule is COC(=O)C(Cc1ccccc1)NC(=O)C(CC(=O)O)NCc1cc(OC)c(O)c(OC)c1. The predicted octanol–water partition coefficient (Wildman–Crippen LogP) is 1.24. The highest BCUT2D eigenvalue weighted by atomic mass is 16.5. The molecule has 2 aromatic rings. The van der Waals surface area contributed by atoms with E-state index in [-0.39, 0.29) is 30.2 Å². The highest BCUT2D eigenvalue weighted by Gasteiger charge is 2.28. The number of carboxylic acids is 1. The second-order valence-corrected chi connectivity index (χ2v) is 7.15. The average Bonchev–Trinajstić information content (AvgIpc) is 2.81. The number of phenols is 1. The monoisotopic (exact) mass is 460 g/mol. The number of phenolic OH excluding ortho intramolecular Hbond substituents is 1. The molecule has 178 valence electrons. The van der Waals surface area contributed by atoms with Crippen molar-refractivity contribution in [2.75, 3.05) is 21.3 Å². The van der Waals surface area contributed by atoms with E-state index in [1.165, 1.54) is 33.5 Å². The Morgan fingerprint density at radius 2 is 1.55 bits per heavy atom. The molecule has 0 aliphatic heterocycles. The summed E-state index contributed by atoms with van der Waals surface area (Å²) in [7, 11) is 3.98. The molecule has 0 saturated carbocycles. The van der Waals surface area contributed by atoms with Crippen molar-refractivity contribution in [1.29, 1.82) is 0 Å². The summed E-state index contributed by atoms with van der Waals surface area (Å²) in [4.78, 5) is 36.5. The number of hydrogen-bond donors (Lipinski definition) is 4. The number of ether oxygens (including phenoxy) is 3. The number of aliphatic carboxylic acids is 1. The molecule has 10 heteroatoms. The van der Waals surface area contributed by atoms with Crippen molar-refractivity contribution < 1.29 is 38.8 Å². The summed E-state index contributed by atoms with van der Waals surface area (Å²) in [5.74, 6) is -2.35. The first-order valence-corrected chi connectivity index (χ1v) is 10.1. The first-order valence-electron chi connectivity index (χ1n) is 10.1. The van der Waals surface area contributed by atoms with Crippen molar-refractivity contribution in [3.05, 3.63) is 53.6 Å². The molecule has 0 bridgehead atoms. The zero-order chi connectivity index (χ0) is 24.4. The van der Waals surface area contributed by atoms with Gasteiger partial charge in [0.1, 0.15) is 6.04 Å². The summed E-state index contributed by atoms with van der Waals surface area (Å²) in [6.45, 7) is 0.0694. The van der Waals surface area contributed by atoms with Gasteiger partial charge >= 0.3 is 11.9 Å². The van der Waals surface area contributed by atoms with Gasteiger partial charge in [-0.1, -0.05) is 30.3 Å². The van der Waals surface area contributed by atoms with Gasteiger partial charge in [0.2, 0.25) is 11.7 Å². The first-order chi connectivity index (χ1) is 15.8. The Labute approximate surface area is 191 Å². The zero-order valence-corrected chi connectivity index (χ0v) is 18.7. The lowest BCUT2D eigenvalue weighted by molar-refractivity contribution is -0.145. The number of esters is 1. The Hall–Kier alpha value is -3.79. The van der Waals surface area contributed by atoms with Crippen molar-refractivity contribution >= 4 is 17.8 Å². The topological polar surface area (TPSA) is 143 Å². The van der Waals surface area contributed by atoms with Gasteiger partial charge < -0.3 is 35.1 Å². The zero-order valence-electron chi connectivity index (χ0n) is 18.7. The third-order valence-corrected chi connectivity index (χ3v) is 4.87. The quantitative estimate of drug-likeness (QED) is 0.344. The number of nitrogens with one attached hydrogen (secondary N) is 2. The fourth-order valence-electron chi connectivity index (χ4n) is 3.18. The fraction of sp³-hybridized carbons (Fsp3) is 0.348. The van der Waals surface area contributed by atoms with Gasteiger partial charge in [0.25, 0.3) is 0 Å². The van der Waals surface area contributed by atoms with Crippen molar-refractivity contribution in [3.63, 3.8) is 0 Å². The molecule has 0 saturated heterocycles. The lowest BCUT2D eigenvalue weighted by Crippen LogP contribution is -2.51. The van der Waals surface area contributed by atoms with Crippen LogP contribution in [0.5, 0.6) is 17.2 Å². The molecular formula is C23H28N2O8. The molecule has 0 aromatic heterocycles. The Balaban J connectivity index is 2.16. The Kier molecular flexibility index (Phi) is 9.49. The lowest BCUT2D eigenvalue weighted by Gasteiger charge is -2.22. The minimum Gasteiger partial charge on any atom is -0.502 e. The van der Waals surface area contributed by atoms with E-state index in [1.807, 2.05) is 6.07 Å². The van der Waals surface area contributed by atoms with E-state index >= 15 is 0 Å². The van der Waals surface area contributed by atoms with E-state index in [2.05, 4.69) is 10.6 Å². The Morgan fingerprint density at radius 1 is 0.939 bits per heavy atom. The minimum absolute atomic E-state index is 0.0694. The maximum Gasteiger partial charge on any atom is 0.328 e. The molecule has 0 heterocycles. The highest BCUT2D eigenvalue weighted by Crippen LogP contribution is 2.37. The lowest BCUT2D eigenvalue weighted by atomic mass is 10.0. The molecule has 0 radical (unpaired) electrons. The van der Waals surface area contributed by atoms with Crippen LogP contribution in [0.2, 0.25) is 0 Å². The minimum atomic E-state index is -1.19. The summed E-state index contributed by atoms with van der Waals surface area (Å²) in [5, 5.41) is 24.8. The molecule has 2 aromatic carbocycles. The van der Waals surface area contributed by atoms with Crippen LogP contribution in [0.1, 0.15) is 17.5 Å². The van der Waals surface area contributed by atoms with Crippen LogP contribution in [0.3, 0.4) is 0 Å². The molecule has 33 heavy (non-hydrogen) atoms. The van der Waals surface area contributed by atoms with Crippen molar-refractivity contribution in [1.82, 2.24) is 10.6 Å². The van der Waals surface area contributed by atoms with E-state index in [0.717, 1.165) is 5.56 Å². The van der Waals surface area contributed by atoms with Gasteiger partial charge in [0, 0.05) is 13.0 Å². The maximum absolute atomic E-state index is 12.9. The number of aromatic hydroxyl groups is 1. The molecule has 0 fully saturated rings. The molecule has 4 N–H and O–H groups in total. The number of amides is 1. The third kappa shape index (κ3) is 7.39. The van der Waals surface area contributed by atoms with Gasteiger partial charge in [-0.3, -0.25) is 9.59 Å². The maximum atomic E-state index is 12.9. The summed E-state index contributed by atoms with van der Waals surface area (Å²) < 4.78 is 15.0. The second kappa shape index (κ2) is 12.3. The van der Waals surface area contributed by atoms with Gasteiger partial charge in [-0.15, -0.1) is 0 Å². The number of rotatable bonds is 12. The molecule has 1 amide bonds. The predicted molar refractivity (Wildman–Crippen MR) is 118 cm³/mol. The molecule has 0 aliphatic carbocycles. The number of carboxylic acid groups (broad SMARTS) is 1. The molecule has 2 atom stereocenters. The van der Waals surface area contributed by atoms with Crippen LogP contribution in [0.25, 0.3) is 0 Å². The largest absolute Gasteiger partial charge is 0.502 e. The average molecular weight is 460 g/mol. The first kappa shape index (κ1) is 25.5. The van der Waals surface area contributed by atoms with Crippen LogP contribution < -0.4 is 20.1 Å². The highest BCUT2D eigenvalue weighted by molar-refractivity contribution is 5.90. The van der Waals surface area contributed by atoms with Crippen molar-refractivity contribution in [2.45, 2.75) is 31.5 Å². The van der Waals surface area contributed by atoms with E-state index in [0.29, 0.717) is 5.56 Å². The molecule has 2 unspecified atom stereocenters. The summed E-state index contributed by atoms with van der Waals surface area (Å²) in [6, 6.07) is 9.99. The van der Waals surface area contributed by atoms with Crippen LogP contribution in [0.15, 0.2) is 42.5 Å². The molecule has 10 nitrogen and oxygen atoms in total.